The maximum Gasteiger partial charge on any atom is 0.147 e. The number of H-pyrrole nitrogens is 1. The summed E-state index contributed by atoms with van der Waals surface area (Å²) in [6, 6.07) is 14.3. The first-order chi connectivity index (χ1) is 12.6. The van der Waals surface area contributed by atoms with E-state index in [2.05, 4.69) is 44.3 Å². The average Bonchev–Trinajstić information content (AvgIpc) is 3.23. The number of thioether (sulfide) groups is 1. The van der Waals surface area contributed by atoms with Crippen molar-refractivity contribution in [2.45, 2.75) is 18.0 Å². The van der Waals surface area contributed by atoms with E-state index in [1.54, 1.807) is 11.8 Å². The van der Waals surface area contributed by atoms with E-state index in [4.69, 9.17) is 16.6 Å². The fourth-order valence-corrected chi connectivity index (χ4v) is 4.11. The molecule has 2 heterocycles. The molecule has 4 rings (SSSR count). The number of nitrogens with one attached hydrogen (secondary N) is 1. The number of halogens is 1. The number of nitrogens with zero attached hydrogens (tertiary/aromatic N) is 3. The number of rotatable bonds is 5. The Hall–Kier alpha value is -1.87. The van der Waals surface area contributed by atoms with Crippen molar-refractivity contribution in [1.82, 2.24) is 15.2 Å². The summed E-state index contributed by atoms with van der Waals surface area (Å²) in [6.45, 7) is 0.613. The Morgan fingerprint density at radius 3 is 2.85 bits per heavy atom. The Bertz CT molecular complexity index is 938. The van der Waals surface area contributed by atoms with Gasteiger partial charge in [0, 0.05) is 21.5 Å². The quantitative estimate of drug-likeness (QED) is 0.578. The number of aromatic amines is 1. The first-order valence-electron chi connectivity index (χ1n) is 8.29. The van der Waals surface area contributed by atoms with Crippen LogP contribution in [0.5, 0.6) is 0 Å². The van der Waals surface area contributed by atoms with E-state index in [9.17, 15) is 0 Å². The van der Waals surface area contributed by atoms with Crippen LogP contribution in [0.25, 0.3) is 10.9 Å². The number of hydrogen-bond donors (Lipinski definition) is 3. The molecular formula is C18H19BrN6S. The van der Waals surface area contributed by atoms with Gasteiger partial charge in [-0.3, -0.25) is 10.1 Å². The molecule has 5 N–H and O–H groups in total. The van der Waals surface area contributed by atoms with Gasteiger partial charge >= 0.3 is 0 Å². The lowest BCUT2D eigenvalue weighted by Gasteiger charge is -2.22. The third-order valence-corrected chi connectivity index (χ3v) is 5.82. The van der Waals surface area contributed by atoms with E-state index in [1.165, 1.54) is 5.56 Å². The lowest BCUT2D eigenvalue weighted by atomic mass is 10.1. The number of hydrogen-bond acceptors (Lipinski definition) is 6. The molecule has 1 aromatic heterocycles. The van der Waals surface area contributed by atoms with Gasteiger partial charge in [-0.25, -0.2) is 0 Å². The van der Waals surface area contributed by atoms with Crippen molar-refractivity contribution in [2.75, 3.05) is 6.54 Å². The van der Waals surface area contributed by atoms with Crippen molar-refractivity contribution in [1.29, 1.82) is 0 Å². The number of nitrogens with two attached hydrogens (primary N) is 2. The molecule has 3 aromatic rings. The lowest BCUT2D eigenvalue weighted by Crippen LogP contribution is -2.42. The van der Waals surface area contributed by atoms with Crippen molar-refractivity contribution in [3.8, 4) is 0 Å². The molecule has 0 bridgehead atoms. The zero-order valence-corrected chi connectivity index (χ0v) is 16.4. The first-order valence-corrected chi connectivity index (χ1v) is 9.97. The summed E-state index contributed by atoms with van der Waals surface area (Å²) in [6.07, 6.45) is 2.60. The average molecular weight is 431 g/mol. The molecule has 1 aliphatic rings. The summed E-state index contributed by atoms with van der Waals surface area (Å²) >= 11 is 5.00. The highest BCUT2D eigenvalue weighted by molar-refractivity contribution is 9.10. The number of benzene rings is 2. The van der Waals surface area contributed by atoms with Gasteiger partial charge in [-0.1, -0.05) is 45.9 Å². The maximum atomic E-state index is 6.33. The fourth-order valence-electron chi connectivity index (χ4n) is 2.95. The van der Waals surface area contributed by atoms with Crippen LogP contribution in [0.4, 0.5) is 0 Å². The van der Waals surface area contributed by atoms with Crippen molar-refractivity contribution >= 4 is 43.6 Å². The molecule has 0 aliphatic carbocycles. The molecule has 2 atom stereocenters. The molecule has 0 saturated heterocycles. The summed E-state index contributed by atoms with van der Waals surface area (Å²) in [4.78, 5) is 0. The second-order valence-corrected chi connectivity index (χ2v) is 8.32. The molecule has 0 spiro atoms. The van der Waals surface area contributed by atoms with Gasteiger partial charge in [-0.15, -0.1) is 0 Å². The second-order valence-electron chi connectivity index (χ2n) is 6.30. The van der Waals surface area contributed by atoms with Gasteiger partial charge < -0.3 is 11.5 Å². The van der Waals surface area contributed by atoms with E-state index in [-0.39, 0.29) is 11.5 Å². The van der Waals surface area contributed by atoms with Crippen LogP contribution in [0.3, 0.4) is 0 Å². The van der Waals surface area contributed by atoms with Crippen LogP contribution in [0.2, 0.25) is 0 Å². The third-order valence-electron chi connectivity index (χ3n) is 4.27. The van der Waals surface area contributed by atoms with Crippen LogP contribution in [0.15, 0.2) is 58.2 Å². The van der Waals surface area contributed by atoms with Gasteiger partial charge in [0.25, 0.3) is 0 Å². The van der Waals surface area contributed by atoms with Crippen molar-refractivity contribution in [3.05, 3.63) is 64.3 Å². The van der Waals surface area contributed by atoms with Crippen molar-refractivity contribution in [2.24, 2.45) is 16.6 Å². The Morgan fingerprint density at radius 1 is 1.23 bits per heavy atom. The van der Waals surface area contributed by atoms with E-state index in [1.807, 2.05) is 35.5 Å². The number of aromatic nitrogens is 2. The Morgan fingerprint density at radius 2 is 2.04 bits per heavy atom. The van der Waals surface area contributed by atoms with Gasteiger partial charge in [0.2, 0.25) is 0 Å². The summed E-state index contributed by atoms with van der Waals surface area (Å²) in [7, 11) is 0. The minimum absolute atomic E-state index is 0.0396. The Labute approximate surface area is 164 Å². The molecule has 0 radical (unpaired) electrons. The molecular weight excluding hydrogens is 412 g/mol. The molecule has 134 valence electrons. The standard InChI is InChI=1S/C18H19BrN6S/c19-14-4-1-11(2-5-14)7-15(20)10-25-18(21)26-17(24-25)12-3-6-16-13(8-12)9-22-23-16/h1-6,8-9,15,18H,7,10,20-21H2,(H,22,23)/t15-,18?/m1/s1. The molecule has 2 aromatic carbocycles. The summed E-state index contributed by atoms with van der Waals surface area (Å²) in [5.41, 5.74) is 15.6. The van der Waals surface area contributed by atoms with Crippen LogP contribution in [0.1, 0.15) is 11.1 Å². The van der Waals surface area contributed by atoms with Crippen LogP contribution < -0.4 is 11.5 Å². The van der Waals surface area contributed by atoms with Gasteiger partial charge in [-0.05, 0) is 36.2 Å². The van der Waals surface area contributed by atoms with Crippen LogP contribution in [0, 0.1) is 0 Å². The minimum Gasteiger partial charge on any atom is -0.326 e. The van der Waals surface area contributed by atoms with Gasteiger partial charge in [0.1, 0.15) is 10.5 Å². The fraction of sp³-hybridized carbons (Fsp3) is 0.222. The number of hydrazone groups is 1. The highest BCUT2D eigenvalue weighted by atomic mass is 79.9. The summed E-state index contributed by atoms with van der Waals surface area (Å²) in [5.74, 6) is 0. The molecule has 1 unspecified atom stereocenters. The Kier molecular flexibility index (Phi) is 4.99. The van der Waals surface area contributed by atoms with Crippen LogP contribution in [-0.2, 0) is 6.42 Å². The Balaban J connectivity index is 1.45. The van der Waals surface area contributed by atoms with Crippen molar-refractivity contribution in [3.63, 3.8) is 0 Å². The molecule has 8 heteroatoms. The summed E-state index contributed by atoms with van der Waals surface area (Å²) in [5, 5.41) is 15.6. The van der Waals surface area contributed by atoms with E-state index >= 15 is 0 Å². The van der Waals surface area contributed by atoms with Crippen molar-refractivity contribution < 1.29 is 0 Å². The SMILES string of the molecule is NC1SC(c2ccc3[nH]ncc3c2)=NN1C[C@H](N)Cc1ccc(Br)cc1. The van der Waals surface area contributed by atoms with E-state index in [0.717, 1.165) is 32.4 Å². The monoisotopic (exact) mass is 430 g/mol. The van der Waals surface area contributed by atoms with Gasteiger partial charge in [-0.2, -0.15) is 10.2 Å². The molecule has 0 amide bonds. The molecule has 0 saturated carbocycles. The van der Waals surface area contributed by atoms with E-state index < -0.39 is 0 Å². The van der Waals surface area contributed by atoms with Crippen LogP contribution in [-0.4, -0.2) is 38.3 Å². The molecule has 26 heavy (non-hydrogen) atoms. The van der Waals surface area contributed by atoms with E-state index in [0.29, 0.717) is 6.54 Å². The molecule has 0 fully saturated rings. The minimum atomic E-state index is -0.221. The topological polar surface area (TPSA) is 96.3 Å². The zero-order valence-electron chi connectivity index (χ0n) is 14.0. The maximum absolute atomic E-state index is 6.33. The first kappa shape index (κ1) is 17.5. The second kappa shape index (κ2) is 7.40. The van der Waals surface area contributed by atoms with Gasteiger partial charge in [0.05, 0.1) is 18.3 Å². The molecule has 6 nitrogen and oxygen atoms in total. The summed E-state index contributed by atoms with van der Waals surface area (Å²) < 4.78 is 1.07. The highest BCUT2D eigenvalue weighted by Gasteiger charge is 2.26. The predicted molar refractivity (Wildman–Crippen MR) is 111 cm³/mol. The third kappa shape index (κ3) is 3.78. The molecule has 1 aliphatic heterocycles. The lowest BCUT2D eigenvalue weighted by molar-refractivity contribution is 0.261. The van der Waals surface area contributed by atoms with Gasteiger partial charge in [0.15, 0.2) is 0 Å². The zero-order chi connectivity index (χ0) is 18.1. The highest BCUT2D eigenvalue weighted by Crippen LogP contribution is 2.28. The number of fused-ring (bicyclic) bond motifs is 1. The van der Waals surface area contributed by atoms with Crippen LogP contribution >= 0.6 is 27.7 Å². The predicted octanol–water partition coefficient (Wildman–Crippen LogP) is 2.85. The smallest absolute Gasteiger partial charge is 0.147 e. The normalized spacial score (nSPS) is 18.3. The largest absolute Gasteiger partial charge is 0.326 e.